The number of carbonyl (C=O) groups is 1. The molecule has 3 N–H and O–H groups in total. The maximum Gasteiger partial charge on any atom is 0.333 e. The van der Waals surface area contributed by atoms with Gasteiger partial charge in [-0.3, -0.25) is 5.43 Å². The third kappa shape index (κ3) is 2.69. The molecule has 1 saturated heterocycles. The number of amides is 2. The highest BCUT2D eigenvalue weighted by Gasteiger charge is 2.13. The maximum absolute atomic E-state index is 11.9. The van der Waals surface area contributed by atoms with Crippen LogP contribution in [0.15, 0.2) is 30.5 Å². The number of morpholine rings is 1. The van der Waals surface area contributed by atoms with E-state index in [2.05, 4.69) is 15.7 Å². The number of hydrazine groups is 1. The smallest absolute Gasteiger partial charge is 0.333 e. The van der Waals surface area contributed by atoms with Gasteiger partial charge in [0.25, 0.3) is 0 Å². The highest BCUT2D eigenvalue weighted by Crippen LogP contribution is 2.22. The summed E-state index contributed by atoms with van der Waals surface area (Å²) < 4.78 is 5.23. The molecular weight excluding hydrogens is 244 g/mol. The Kier molecular flexibility index (Phi) is 3.35. The summed E-state index contributed by atoms with van der Waals surface area (Å²) >= 11 is 0. The van der Waals surface area contributed by atoms with Crippen LogP contribution in [0.2, 0.25) is 0 Å². The van der Waals surface area contributed by atoms with E-state index in [0.29, 0.717) is 26.3 Å². The van der Waals surface area contributed by atoms with Gasteiger partial charge in [-0.05, 0) is 6.07 Å². The summed E-state index contributed by atoms with van der Waals surface area (Å²) in [5.74, 6) is 0. The van der Waals surface area contributed by atoms with E-state index in [-0.39, 0.29) is 6.03 Å². The number of urea groups is 1. The van der Waals surface area contributed by atoms with Crippen LogP contribution in [-0.2, 0) is 4.74 Å². The molecule has 2 heterocycles. The van der Waals surface area contributed by atoms with Crippen molar-refractivity contribution in [1.82, 2.24) is 15.4 Å². The molecule has 1 aromatic carbocycles. The number of nitrogens with zero attached hydrogens (tertiary/aromatic N) is 1. The van der Waals surface area contributed by atoms with Gasteiger partial charge in [-0.25, -0.2) is 9.80 Å². The Balaban J connectivity index is 1.65. The molecule has 0 saturated carbocycles. The van der Waals surface area contributed by atoms with E-state index in [1.165, 1.54) is 0 Å². The highest BCUT2D eigenvalue weighted by molar-refractivity contribution is 6.00. The average Bonchev–Trinajstić information content (AvgIpc) is 2.83. The average molecular weight is 260 g/mol. The van der Waals surface area contributed by atoms with Crippen molar-refractivity contribution in [2.45, 2.75) is 0 Å². The Morgan fingerprint density at radius 2 is 2.05 bits per heavy atom. The van der Waals surface area contributed by atoms with Crippen LogP contribution in [0, 0.1) is 0 Å². The molecule has 1 aliphatic rings. The van der Waals surface area contributed by atoms with Crippen molar-refractivity contribution in [2.75, 3.05) is 31.6 Å². The number of para-hydroxylation sites is 1. The molecule has 19 heavy (non-hydrogen) atoms. The van der Waals surface area contributed by atoms with Gasteiger partial charge < -0.3 is 15.0 Å². The van der Waals surface area contributed by atoms with Crippen LogP contribution in [0.5, 0.6) is 0 Å². The molecule has 3 rings (SSSR count). The van der Waals surface area contributed by atoms with Gasteiger partial charge in [0.05, 0.1) is 18.9 Å². The Morgan fingerprint density at radius 3 is 2.89 bits per heavy atom. The lowest BCUT2D eigenvalue weighted by Gasteiger charge is -2.26. The normalized spacial score (nSPS) is 16.4. The van der Waals surface area contributed by atoms with Crippen LogP contribution >= 0.6 is 0 Å². The van der Waals surface area contributed by atoms with E-state index in [0.717, 1.165) is 16.6 Å². The predicted molar refractivity (Wildman–Crippen MR) is 72.8 cm³/mol. The first-order valence-electron chi connectivity index (χ1n) is 6.29. The van der Waals surface area contributed by atoms with Crippen molar-refractivity contribution in [2.24, 2.45) is 0 Å². The van der Waals surface area contributed by atoms with Crippen molar-refractivity contribution in [3.8, 4) is 0 Å². The molecule has 0 unspecified atom stereocenters. The van der Waals surface area contributed by atoms with Crippen LogP contribution < -0.4 is 10.7 Å². The van der Waals surface area contributed by atoms with Gasteiger partial charge in [0, 0.05) is 30.2 Å². The van der Waals surface area contributed by atoms with E-state index in [9.17, 15) is 4.79 Å². The second kappa shape index (κ2) is 5.29. The molecular formula is C13H16N4O2. The van der Waals surface area contributed by atoms with Crippen LogP contribution in [0.25, 0.3) is 10.9 Å². The number of hydrogen-bond acceptors (Lipinski definition) is 3. The molecule has 6 heteroatoms. The van der Waals surface area contributed by atoms with Crippen molar-refractivity contribution in [3.05, 3.63) is 30.5 Å². The SMILES string of the molecule is O=C(Nc1c[nH]c2ccccc12)NN1CCOCC1. The molecule has 1 aromatic heterocycles. The fourth-order valence-corrected chi connectivity index (χ4v) is 2.14. The third-order valence-corrected chi connectivity index (χ3v) is 3.11. The van der Waals surface area contributed by atoms with Crippen molar-refractivity contribution < 1.29 is 9.53 Å². The number of fused-ring (bicyclic) bond motifs is 1. The second-order valence-corrected chi connectivity index (χ2v) is 4.41. The Hall–Kier alpha value is -2.05. The van der Waals surface area contributed by atoms with Gasteiger partial charge in [0.2, 0.25) is 0 Å². The fraction of sp³-hybridized carbons (Fsp3) is 0.308. The topological polar surface area (TPSA) is 69.4 Å². The zero-order chi connectivity index (χ0) is 13.1. The minimum absolute atomic E-state index is 0.230. The van der Waals surface area contributed by atoms with Gasteiger partial charge in [-0.15, -0.1) is 0 Å². The first-order valence-corrected chi connectivity index (χ1v) is 6.29. The summed E-state index contributed by atoms with van der Waals surface area (Å²) in [6.07, 6.45) is 1.80. The lowest BCUT2D eigenvalue weighted by atomic mass is 10.2. The Labute approximate surface area is 110 Å². The van der Waals surface area contributed by atoms with Gasteiger partial charge in [0.1, 0.15) is 0 Å². The largest absolute Gasteiger partial charge is 0.379 e. The predicted octanol–water partition coefficient (Wildman–Crippen LogP) is 1.54. The third-order valence-electron chi connectivity index (χ3n) is 3.11. The van der Waals surface area contributed by atoms with E-state index < -0.39 is 0 Å². The number of carbonyl (C=O) groups excluding carboxylic acids is 1. The van der Waals surface area contributed by atoms with E-state index in [1.807, 2.05) is 29.3 Å². The number of anilines is 1. The van der Waals surface area contributed by atoms with Gasteiger partial charge in [-0.1, -0.05) is 18.2 Å². The summed E-state index contributed by atoms with van der Waals surface area (Å²) in [4.78, 5) is 15.0. The molecule has 0 spiro atoms. The maximum atomic E-state index is 11.9. The number of ether oxygens (including phenoxy) is 1. The Morgan fingerprint density at radius 1 is 1.26 bits per heavy atom. The van der Waals surface area contributed by atoms with Gasteiger partial charge in [-0.2, -0.15) is 0 Å². The number of H-pyrrole nitrogens is 1. The first kappa shape index (κ1) is 12.0. The van der Waals surface area contributed by atoms with Gasteiger partial charge in [0.15, 0.2) is 0 Å². The Bertz CT molecular complexity index is 575. The minimum atomic E-state index is -0.230. The molecule has 0 radical (unpaired) electrons. The molecule has 0 aliphatic carbocycles. The molecule has 0 atom stereocenters. The fourth-order valence-electron chi connectivity index (χ4n) is 2.14. The van der Waals surface area contributed by atoms with E-state index in [4.69, 9.17) is 4.74 Å². The highest BCUT2D eigenvalue weighted by atomic mass is 16.5. The standard InChI is InChI=1S/C13H16N4O2/c18-13(16-17-5-7-19-8-6-17)15-12-9-14-11-4-2-1-3-10(11)12/h1-4,9,14H,5-8H2,(H2,15,16,18). The molecule has 100 valence electrons. The molecule has 6 nitrogen and oxygen atoms in total. The molecule has 0 bridgehead atoms. The van der Waals surface area contributed by atoms with E-state index in [1.54, 1.807) is 6.20 Å². The van der Waals surface area contributed by atoms with Gasteiger partial charge >= 0.3 is 6.03 Å². The quantitative estimate of drug-likeness (QED) is 0.767. The lowest BCUT2D eigenvalue weighted by molar-refractivity contribution is 0.0207. The number of rotatable bonds is 2. The number of aromatic amines is 1. The van der Waals surface area contributed by atoms with Crippen LogP contribution in [0.4, 0.5) is 10.5 Å². The number of aromatic nitrogens is 1. The van der Waals surface area contributed by atoms with E-state index >= 15 is 0 Å². The lowest BCUT2D eigenvalue weighted by Crippen LogP contribution is -2.49. The number of nitrogens with one attached hydrogen (secondary N) is 3. The van der Waals surface area contributed by atoms with Crippen molar-refractivity contribution in [1.29, 1.82) is 0 Å². The molecule has 2 amide bonds. The van der Waals surface area contributed by atoms with Crippen molar-refractivity contribution >= 4 is 22.6 Å². The summed E-state index contributed by atoms with van der Waals surface area (Å²) in [6.45, 7) is 2.71. The van der Waals surface area contributed by atoms with Crippen LogP contribution in [0.3, 0.4) is 0 Å². The number of hydrogen-bond donors (Lipinski definition) is 3. The summed E-state index contributed by atoms with van der Waals surface area (Å²) in [7, 11) is 0. The second-order valence-electron chi connectivity index (χ2n) is 4.41. The molecule has 1 aliphatic heterocycles. The molecule has 1 fully saturated rings. The van der Waals surface area contributed by atoms with Crippen LogP contribution in [-0.4, -0.2) is 42.3 Å². The summed E-state index contributed by atoms with van der Waals surface area (Å²) in [5.41, 5.74) is 4.59. The zero-order valence-corrected chi connectivity index (χ0v) is 10.5. The monoisotopic (exact) mass is 260 g/mol. The molecule has 2 aromatic rings. The van der Waals surface area contributed by atoms with Crippen molar-refractivity contribution in [3.63, 3.8) is 0 Å². The summed E-state index contributed by atoms with van der Waals surface area (Å²) in [5, 5.41) is 5.70. The van der Waals surface area contributed by atoms with Crippen LogP contribution in [0.1, 0.15) is 0 Å². The first-order chi connectivity index (χ1) is 9.33. The summed E-state index contributed by atoms with van der Waals surface area (Å²) in [6, 6.07) is 7.61. The number of benzene rings is 1. The zero-order valence-electron chi connectivity index (χ0n) is 10.5. The minimum Gasteiger partial charge on any atom is -0.379 e.